The van der Waals surface area contributed by atoms with Crippen molar-refractivity contribution in [3.8, 4) is 0 Å². The predicted molar refractivity (Wildman–Crippen MR) is 117 cm³/mol. The Bertz CT molecular complexity index is 1030. The number of benzene rings is 2. The molecule has 4 rings (SSSR count). The van der Waals surface area contributed by atoms with Gasteiger partial charge in [0.15, 0.2) is 0 Å². The zero-order valence-corrected chi connectivity index (χ0v) is 18.3. The molecule has 0 radical (unpaired) electrons. The Balaban J connectivity index is 1.28. The zero-order chi connectivity index (χ0) is 21.8. The predicted octanol–water partition coefficient (Wildman–Crippen LogP) is 2.33. The number of hydrogen-bond acceptors (Lipinski definition) is 4. The van der Waals surface area contributed by atoms with E-state index in [1.54, 1.807) is 18.2 Å². The van der Waals surface area contributed by atoms with Gasteiger partial charge >= 0.3 is 0 Å². The number of nitrogens with one attached hydrogen (secondary N) is 1. The lowest BCUT2D eigenvalue weighted by Gasteiger charge is -2.33. The molecule has 1 fully saturated rings. The molecule has 1 saturated heterocycles. The van der Waals surface area contributed by atoms with E-state index in [0.29, 0.717) is 37.6 Å². The quantitative estimate of drug-likeness (QED) is 0.741. The molecule has 2 aliphatic rings. The molecule has 6 nitrogen and oxygen atoms in total. The lowest BCUT2D eigenvalue weighted by molar-refractivity contribution is -0.122. The molecule has 8 heteroatoms. The third kappa shape index (κ3) is 5.31. The molecule has 2 aromatic carbocycles. The summed E-state index contributed by atoms with van der Waals surface area (Å²) >= 11 is 0. The number of rotatable bonds is 6. The summed E-state index contributed by atoms with van der Waals surface area (Å²) in [4.78, 5) is 14.6. The van der Waals surface area contributed by atoms with Crippen molar-refractivity contribution < 1.29 is 17.6 Å². The molecule has 1 N–H and O–H groups in total. The second kappa shape index (κ2) is 9.46. The molecule has 0 aromatic heterocycles. The van der Waals surface area contributed by atoms with E-state index in [2.05, 4.69) is 5.32 Å². The van der Waals surface area contributed by atoms with Crippen molar-refractivity contribution in [1.29, 1.82) is 0 Å². The average molecular weight is 446 g/mol. The van der Waals surface area contributed by atoms with Gasteiger partial charge in [-0.1, -0.05) is 18.2 Å². The summed E-state index contributed by atoms with van der Waals surface area (Å²) in [5.74, 6) is -0.436. The Morgan fingerprint density at radius 1 is 0.935 bits per heavy atom. The first-order valence-electron chi connectivity index (χ1n) is 10.8. The third-order valence-electron chi connectivity index (χ3n) is 6.06. The largest absolute Gasteiger partial charge is 0.351 e. The van der Waals surface area contributed by atoms with Gasteiger partial charge in [0.25, 0.3) is 0 Å². The Kier molecular flexibility index (Phi) is 6.69. The molecule has 1 aliphatic carbocycles. The number of fused-ring (bicyclic) bond motifs is 1. The van der Waals surface area contributed by atoms with Crippen LogP contribution in [0.4, 0.5) is 4.39 Å². The Hall–Kier alpha value is -2.29. The molecule has 2 aromatic rings. The Morgan fingerprint density at radius 2 is 1.61 bits per heavy atom. The zero-order valence-electron chi connectivity index (χ0n) is 17.5. The van der Waals surface area contributed by atoms with Gasteiger partial charge in [0.1, 0.15) is 5.82 Å². The highest BCUT2D eigenvalue weighted by Crippen LogP contribution is 2.26. The molecule has 0 bridgehead atoms. The van der Waals surface area contributed by atoms with Crippen LogP contribution in [-0.4, -0.2) is 56.3 Å². The highest BCUT2D eigenvalue weighted by molar-refractivity contribution is 7.89. The average Bonchev–Trinajstić information content (AvgIpc) is 2.79. The van der Waals surface area contributed by atoms with Crippen LogP contribution in [-0.2, 0) is 34.2 Å². The van der Waals surface area contributed by atoms with Crippen molar-refractivity contribution >= 4 is 15.9 Å². The van der Waals surface area contributed by atoms with Gasteiger partial charge in [-0.05, 0) is 66.6 Å². The van der Waals surface area contributed by atoms with Crippen LogP contribution in [0.15, 0.2) is 47.4 Å². The number of carbonyl (C=O) groups excluding carboxylic acids is 1. The highest BCUT2D eigenvalue weighted by atomic mass is 32.2. The van der Waals surface area contributed by atoms with Gasteiger partial charge in [0, 0.05) is 32.7 Å². The first-order chi connectivity index (χ1) is 14.9. The smallest absolute Gasteiger partial charge is 0.243 e. The van der Waals surface area contributed by atoms with Crippen molar-refractivity contribution in [3.63, 3.8) is 0 Å². The van der Waals surface area contributed by atoms with Crippen LogP contribution >= 0.6 is 0 Å². The van der Waals surface area contributed by atoms with E-state index in [-0.39, 0.29) is 18.3 Å². The number of hydrogen-bond donors (Lipinski definition) is 1. The number of amides is 1. The number of nitrogens with zero attached hydrogens (tertiary/aromatic N) is 2. The van der Waals surface area contributed by atoms with Crippen molar-refractivity contribution in [2.45, 2.75) is 37.1 Å². The maximum Gasteiger partial charge on any atom is 0.243 e. The third-order valence-corrected chi connectivity index (χ3v) is 7.95. The molecule has 166 valence electrons. The summed E-state index contributed by atoms with van der Waals surface area (Å²) in [5.41, 5.74) is 3.25. The van der Waals surface area contributed by atoms with Crippen molar-refractivity contribution in [2.75, 3.05) is 32.7 Å². The summed E-state index contributed by atoms with van der Waals surface area (Å²) in [6.07, 6.45) is 4.24. The minimum Gasteiger partial charge on any atom is -0.351 e. The van der Waals surface area contributed by atoms with Gasteiger partial charge in [0.05, 0.1) is 11.4 Å². The van der Waals surface area contributed by atoms with Crippen LogP contribution in [0.5, 0.6) is 0 Å². The van der Waals surface area contributed by atoms with Crippen LogP contribution in [0, 0.1) is 5.82 Å². The second-order valence-electron chi connectivity index (χ2n) is 8.22. The summed E-state index contributed by atoms with van der Waals surface area (Å²) in [5, 5.41) is 2.83. The van der Waals surface area contributed by atoms with E-state index in [1.165, 1.54) is 28.4 Å². The number of halogens is 1. The minimum atomic E-state index is -3.52. The number of sulfonamides is 1. The summed E-state index contributed by atoms with van der Waals surface area (Å²) < 4.78 is 40.6. The maximum absolute atomic E-state index is 13.1. The van der Waals surface area contributed by atoms with Crippen LogP contribution < -0.4 is 5.32 Å². The van der Waals surface area contributed by atoms with Crippen molar-refractivity contribution in [3.05, 3.63) is 65.0 Å². The van der Waals surface area contributed by atoms with E-state index in [9.17, 15) is 17.6 Å². The highest BCUT2D eigenvalue weighted by Gasteiger charge is 2.29. The summed E-state index contributed by atoms with van der Waals surface area (Å²) in [7, 11) is -3.52. The fraction of sp³-hybridized carbons (Fsp3) is 0.435. The number of carbonyl (C=O) groups is 1. The van der Waals surface area contributed by atoms with Crippen molar-refractivity contribution in [2.24, 2.45) is 0 Å². The molecule has 1 amide bonds. The number of piperazine rings is 1. The van der Waals surface area contributed by atoms with Gasteiger partial charge in [-0.3, -0.25) is 9.69 Å². The number of aryl methyl sites for hydroxylation is 2. The molecular weight excluding hydrogens is 417 g/mol. The standard InChI is InChI=1S/C23H28FN3O3S/c24-21-8-5-18(6-9-21)16-25-23(28)17-26-11-13-27(14-12-26)31(29,30)22-10-7-19-3-1-2-4-20(19)15-22/h5-10,15H,1-4,11-14,16-17H2,(H,25,28). The van der Waals surface area contributed by atoms with Crippen LogP contribution in [0.2, 0.25) is 0 Å². The summed E-state index contributed by atoms with van der Waals surface area (Å²) in [6, 6.07) is 11.5. The molecule has 1 aliphatic heterocycles. The Labute approximate surface area is 183 Å². The maximum atomic E-state index is 13.1. The molecule has 1 heterocycles. The second-order valence-corrected chi connectivity index (χ2v) is 10.2. The molecule has 0 unspecified atom stereocenters. The normalized spacial score (nSPS) is 17.8. The fourth-order valence-corrected chi connectivity index (χ4v) is 5.68. The van der Waals surface area contributed by atoms with Crippen LogP contribution in [0.3, 0.4) is 0 Å². The molecular formula is C23H28FN3O3S. The SMILES string of the molecule is O=C(CN1CCN(S(=O)(=O)c2ccc3c(c2)CCCC3)CC1)NCc1ccc(F)cc1. The fourth-order valence-electron chi connectivity index (χ4n) is 4.21. The van der Waals surface area contributed by atoms with Gasteiger partial charge in [-0.15, -0.1) is 0 Å². The van der Waals surface area contributed by atoms with E-state index >= 15 is 0 Å². The minimum absolute atomic E-state index is 0.129. The monoisotopic (exact) mass is 445 g/mol. The first-order valence-corrected chi connectivity index (χ1v) is 12.2. The van der Waals surface area contributed by atoms with Crippen LogP contribution in [0.1, 0.15) is 29.5 Å². The van der Waals surface area contributed by atoms with Gasteiger partial charge < -0.3 is 5.32 Å². The van der Waals surface area contributed by atoms with E-state index in [0.717, 1.165) is 30.4 Å². The molecule has 0 saturated carbocycles. The topological polar surface area (TPSA) is 69.7 Å². The lowest BCUT2D eigenvalue weighted by atomic mass is 9.92. The lowest BCUT2D eigenvalue weighted by Crippen LogP contribution is -2.51. The molecule has 31 heavy (non-hydrogen) atoms. The first kappa shape index (κ1) is 21.9. The Morgan fingerprint density at radius 3 is 2.32 bits per heavy atom. The van der Waals surface area contributed by atoms with E-state index in [4.69, 9.17) is 0 Å². The van der Waals surface area contributed by atoms with Crippen LogP contribution in [0.25, 0.3) is 0 Å². The van der Waals surface area contributed by atoms with E-state index in [1.807, 2.05) is 17.0 Å². The summed E-state index contributed by atoms with van der Waals surface area (Å²) in [6.45, 7) is 2.30. The molecule has 0 spiro atoms. The van der Waals surface area contributed by atoms with Gasteiger partial charge in [-0.25, -0.2) is 12.8 Å². The van der Waals surface area contributed by atoms with E-state index < -0.39 is 10.0 Å². The van der Waals surface area contributed by atoms with Crippen molar-refractivity contribution in [1.82, 2.24) is 14.5 Å². The van der Waals surface area contributed by atoms with Gasteiger partial charge in [-0.2, -0.15) is 4.31 Å². The molecule has 0 atom stereocenters. The van der Waals surface area contributed by atoms with Gasteiger partial charge in [0.2, 0.25) is 15.9 Å².